The second-order valence-corrected chi connectivity index (χ2v) is 9.25. The summed E-state index contributed by atoms with van der Waals surface area (Å²) in [6.07, 6.45) is 8.00. The van der Waals surface area contributed by atoms with Crippen molar-refractivity contribution in [2.45, 2.75) is 39.3 Å². The van der Waals surface area contributed by atoms with Gasteiger partial charge in [-0.2, -0.15) is 0 Å². The van der Waals surface area contributed by atoms with Crippen LogP contribution in [-0.2, 0) is 20.9 Å². The van der Waals surface area contributed by atoms with Crippen LogP contribution in [0, 0.1) is 0 Å². The lowest BCUT2D eigenvalue weighted by Gasteiger charge is -2.17. The number of H-pyrrole nitrogens is 1. The van der Waals surface area contributed by atoms with Crippen molar-refractivity contribution in [2.24, 2.45) is 0 Å². The summed E-state index contributed by atoms with van der Waals surface area (Å²) in [5.74, 6) is -0.265. The van der Waals surface area contributed by atoms with E-state index in [1.807, 2.05) is 26.0 Å². The Kier molecular flexibility index (Phi) is 9.74. The Morgan fingerprint density at radius 2 is 2.00 bits per heavy atom. The first-order chi connectivity index (χ1) is 18.6. The van der Waals surface area contributed by atoms with Crippen molar-refractivity contribution >= 4 is 40.8 Å². The number of amides is 3. The van der Waals surface area contributed by atoms with Crippen LogP contribution in [0.15, 0.2) is 53.1 Å². The van der Waals surface area contributed by atoms with Crippen molar-refractivity contribution in [2.75, 3.05) is 26.5 Å². The van der Waals surface area contributed by atoms with E-state index in [9.17, 15) is 19.2 Å². The van der Waals surface area contributed by atoms with Crippen LogP contribution < -0.4 is 16.2 Å². The van der Waals surface area contributed by atoms with Crippen molar-refractivity contribution in [3.8, 4) is 0 Å². The van der Waals surface area contributed by atoms with Crippen molar-refractivity contribution in [3.63, 3.8) is 0 Å². The van der Waals surface area contributed by atoms with Crippen LogP contribution in [0.2, 0.25) is 0 Å². The highest BCUT2D eigenvalue weighted by Gasteiger charge is 2.22. The highest BCUT2D eigenvalue weighted by molar-refractivity contribution is 5.96. The molecule has 0 radical (unpaired) electrons. The van der Waals surface area contributed by atoms with Crippen molar-refractivity contribution in [3.05, 3.63) is 70.1 Å². The minimum absolute atomic E-state index is 0.0389. The number of methoxy groups -OCH3 is 1. The van der Waals surface area contributed by atoms with E-state index in [2.05, 4.69) is 30.3 Å². The fraction of sp³-hybridized carbons (Fsp3) is 0.333. The summed E-state index contributed by atoms with van der Waals surface area (Å²) < 4.78 is 6.04. The molecule has 0 fully saturated rings. The molecule has 0 bridgehead atoms. The molecule has 0 aliphatic rings. The van der Waals surface area contributed by atoms with E-state index in [0.29, 0.717) is 17.9 Å². The zero-order valence-corrected chi connectivity index (χ0v) is 22.6. The summed E-state index contributed by atoms with van der Waals surface area (Å²) in [7, 11) is 4.44. The summed E-state index contributed by atoms with van der Waals surface area (Å²) in [6, 6.07) is 3.99. The van der Waals surface area contributed by atoms with Crippen LogP contribution in [0.4, 0.5) is 10.5 Å². The van der Waals surface area contributed by atoms with Crippen LogP contribution in [0.25, 0.3) is 17.2 Å². The number of carbonyl (C=O) groups excluding carboxylic acids is 3. The van der Waals surface area contributed by atoms with E-state index < -0.39 is 23.6 Å². The quantitative estimate of drug-likeness (QED) is 0.338. The van der Waals surface area contributed by atoms with Crippen LogP contribution in [0.1, 0.15) is 38.1 Å². The number of aromatic amines is 1. The molecule has 206 valence electrons. The highest BCUT2D eigenvalue weighted by atomic mass is 16.5. The van der Waals surface area contributed by atoms with Gasteiger partial charge in [-0.15, -0.1) is 0 Å². The number of likely N-dealkylation sites (N-methyl/N-ethyl adjacent to an activating group) is 1. The monoisotopic (exact) mass is 535 g/mol. The molecule has 3 heterocycles. The maximum absolute atomic E-state index is 13.2. The molecule has 3 amide bonds. The van der Waals surface area contributed by atoms with Crippen LogP contribution in [0.3, 0.4) is 0 Å². The topological polar surface area (TPSA) is 151 Å². The molecule has 0 saturated heterocycles. The largest absolute Gasteiger partial charge is 0.453 e. The summed E-state index contributed by atoms with van der Waals surface area (Å²) in [5, 5.41) is 5.07. The van der Waals surface area contributed by atoms with E-state index in [1.54, 1.807) is 38.6 Å². The van der Waals surface area contributed by atoms with E-state index >= 15 is 0 Å². The number of aromatic nitrogens is 4. The van der Waals surface area contributed by atoms with Gasteiger partial charge in [0.25, 0.3) is 5.56 Å². The lowest BCUT2D eigenvalue weighted by Crippen LogP contribution is -2.44. The average Bonchev–Trinajstić information content (AvgIpc) is 3.31. The molecule has 0 aromatic carbocycles. The molecule has 39 heavy (non-hydrogen) atoms. The summed E-state index contributed by atoms with van der Waals surface area (Å²) >= 11 is 0. The van der Waals surface area contributed by atoms with E-state index in [-0.39, 0.29) is 24.6 Å². The van der Waals surface area contributed by atoms with Crippen LogP contribution in [-0.4, -0.2) is 69.6 Å². The summed E-state index contributed by atoms with van der Waals surface area (Å²) in [5.41, 5.74) is 2.96. The number of carbonyl (C=O) groups is 3. The zero-order valence-electron chi connectivity index (χ0n) is 22.6. The Morgan fingerprint density at radius 3 is 2.69 bits per heavy atom. The Bertz CT molecular complexity index is 1460. The zero-order chi connectivity index (χ0) is 28.5. The van der Waals surface area contributed by atoms with E-state index in [0.717, 1.165) is 16.7 Å². The second-order valence-electron chi connectivity index (χ2n) is 9.25. The molecule has 3 rings (SSSR count). The van der Waals surface area contributed by atoms with Gasteiger partial charge in [-0.05, 0) is 51.0 Å². The number of imidazole rings is 1. The van der Waals surface area contributed by atoms with Gasteiger partial charge in [-0.3, -0.25) is 14.4 Å². The molecule has 1 atom stereocenters. The fourth-order valence-electron chi connectivity index (χ4n) is 3.69. The van der Waals surface area contributed by atoms with E-state index in [1.165, 1.54) is 28.7 Å². The van der Waals surface area contributed by atoms with Gasteiger partial charge in [0.1, 0.15) is 17.6 Å². The first-order valence-electron chi connectivity index (χ1n) is 12.3. The first-order valence-corrected chi connectivity index (χ1v) is 12.3. The lowest BCUT2D eigenvalue weighted by molar-refractivity contribution is -0.123. The molecule has 1 unspecified atom stereocenters. The number of ether oxygens (including phenoxy) is 1. The molecule has 3 N–H and O–H groups in total. The predicted molar refractivity (Wildman–Crippen MR) is 148 cm³/mol. The maximum Gasteiger partial charge on any atom is 0.407 e. The first kappa shape index (κ1) is 28.8. The second kappa shape index (κ2) is 13.2. The third kappa shape index (κ3) is 7.87. The van der Waals surface area contributed by atoms with Gasteiger partial charge in [-0.1, -0.05) is 17.7 Å². The summed E-state index contributed by atoms with van der Waals surface area (Å²) in [6.45, 7) is 4.12. The average molecular weight is 536 g/mol. The number of hydrogen-bond donors (Lipinski definition) is 3. The third-order valence-electron chi connectivity index (χ3n) is 5.63. The number of nitrogens with one attached hydrogen (secondary N) is 3. The number of allylic oxidation sites excluding steroid dienone is 2. The number of fused-ring (bicyclic) bond motifs is 1. The minimum Gasteiger partial charge on any atom is -0.453 e. The lowest BCUT2D eigenvalue weighted by atomic mass is 10.1. The SMILES string of the molecule is COC(=O)NC(CCC=CC(=O)N(C)C)C(=O)Nc1cccn(Cc2nc3nccc(C=C(C)C)c3[nH]2)c1=O. The number of pyridine rings is 2. The van der Waals surface area contributed by atoms with Crippen LogP contribution in [0.5, 0.6) is 0 Å². The molecule has 0 spiro atoms. The number of nitrogens with zero attached hydrogens (tertiary/aromatic N) is 4. The van der Waals surface area contributed by atoms with Gasteiger partial charge in [0.05, 0.1) is 19.2 Å². The van der Waals surface area contributed by atoms with Crippen molar-refractivity contribution < 1.29 is 19.1 Å². The molecule has 12 nitrogen and oxygen atoms in total. The summed E-state index contributed by atoms with van der Waals surface area (Å²) in [4.78, 5) is 63.1. The highest BCUT2D eigenvalue weighted by Crippen LogP contribution is 2.17. The number of rotatable bonds is 10. The van der Waals surface area contributed by atoms with Crippen LogP contribution >= 0.6 is 0 Å². The van der Waals surface area contributed by atoms with E-state index in [4.69, 9.17) is 0 Å². The molecular formula is C27H33N7O5. The number of hydrogen-bond acceptors (Lipinski definition) is 7. The van der Waals surface area contributed by atoms with Gasteiger partial charge < -0.3 is 29.8 Å². The predicted octanol–water partition coefficient (Wildman–Crippen LogP) is 2.68. The fourth-order valence-corrected chi connectivity index (χ4v) is 3.69. The Hall–Kier alpha value is -4.74. The third-order valence-corrected chi connectivity index (χ3v) is 5.63. The molecule has 0 aliphatic heterocycles. The van der Waals surface area contributed by atoms with Gasteiger partial charge >= 0.3 is 6.09 Å². The van der Waals surface area contributed by atoms with Gasteiger partial charge in [0, 0.05) is 32.1 Å². The molecule has 0 aliphatic carbocycles. The molecular weight excluding hydrogens is 502 g/mol. The van der Waals surface area contributed by atoms with Gasteiger partial charge in [0.15, 0.2) is 5.65 Å². The molecule has 3 aromatic heterocycles. The molecule has 3 aromatic rings. The maximum atomic E-state index is 13.2. The van der Waals surface area contributed by atoms with Crippen molar-refractivity contribution in [1.82, 2.24) is 29.7 Å². The Labute approximate surface area is 225 Å². The molecule has 0 saturated carbocycles. The molecule has 12 heteroatoms. The van der Waals surface area contributed by atoms with Gasteiger partial charge in [0.2, 0.25) is 11.8 Å². The van der Waals surface area contributed by atoms with Gasteiger partial charge in [-0.25, -0.2) is 14.8 Å². The normalized spacial score (nSPS) is 11.7. The Balaban J connectivity index is 1.77. The smallest absolute Gasteiger partial charge is 0.407 e. The number of alkyl carbamates (subject to hydrolysis) is 1. The van der Waals surface area contributed by atoms with Crippen molar-refractivity contribution in [1.29, 1.82) is 0 Å². The number of anilines is 1. The Morgan fingerprint density at radius 1 is 1.23 bits per heavy atom. The standard InChI is InChI=1S/C27H33N7O5/c1-17(2)15-18-12-13-28-24-23(18)31-21(32-24)16-34-14-8-10-20(26(34)37)29-25(36)19(30-27(38)39-5)9-6-7-11-22(35)33(3)4/h7-8,10-15,19H,6,9,16H2,1-5H3,(H,29,36)(H,30,38)(H,28,31,32). The minimum atomic E-state index is -1.00.